The number of nitro groups is 1. The lowest BCUT2D eigenvalue weighted by Gasteiger charge is -2.19. The fourth-order valence-electron chi connectivity index (χ4n) is 2.26. The Bertz CT molecular complexity index is 556. The van der Waals surface area contributed by atoms with Gasteiger partial charge in [-0.15, -0.1) is 0 Å². The molecule has 1 N–H and O–H groups in total. The van der Waals surface area contributed by atoms with E-state index < -0.39 is 10.5 Å². The normalized spacial score (nSPS) is 21.9. The Kier molecular flexibility index (Phi) is 3.63. The third-order valence-electron chi connectivity index (χ3n) is 3.36. The van der Waals surface area contributed by atoms with Gasteiger partial charge in [0.2, 0.25) is 0 Å². The fourth-order valence-corrected chi connectivity index (χ4v) is 2.26. The van der Waals surface area contributed by atoms with Crippen LogP contribution in [0, 0.1) is 10.1 Å². The topological polar surface area (TPSA) is 92.9 Å². The molecule has 1 amide bonds. The van der Waals surface area contributed by atoms with Gasteiger partial charge in [0.25, 0.3) is 5.91 Å². The van der Waals surface area contributed by atoms with Crippen LogP contribution >= 0.6 is 0 Å². The Morgan fingerprint density at radius 2 is 2.25 bits per heavy atom. The maximum atomic E-state index is 12.3. The Morgan fingerprint density at radius 1 is 1.55 bits per heavy atom. The summed E-state index contributed by atoms with van der Waals surface area (Å²) in [6, 6.07) is 4.00. The van der Waals surface area contributed by atoms with Gasteiger partial charge in [-0.05, 0) is 19.4 Å². The number of β-amino-alcohol motifs (C(OH)–C–C–N with tert-alkyl or cyclic N) is 1. The molecule has 0 radical (unpaired) electrons. The monoisotopic (exact) mass is 280 g/mol. The van der Waals surface area contributed by atoms with E-state index in [4.69, 9.17) is 4.74 Å². The number of amides is 1. The van der Waals surface area contributed by atoms with E-state index >= 15 is 0 Å². The van der Waals surface area contributed by atoms with Crippen molar-refractivity contribution in [3.05, 3.63) is 33.9 Å². The molecule has 108 valence electrons. The van der Waals surface area contributed by atoms with E-state index in [-0.39, 0.29) is 23.9 Å². The van der Waals surface area contributed by atoms with Crippen molar-refractivity contribution < 1.29 is 19.6 Å². The zero-order valence-electron chi connectivity index (χ0n) is 11.3. The molecule has 0 aliphatic carbocycles. The van der Waals surface area contributed by atoms with Crippen LogP contribution in [0.4, 0.5) is 5.69 Å². The van der Waals surface area contributed by atoms with Crippen LogP contribution in [-0.2, 0) is 0 Å². The van der Waals surface area contributed by atoms with E-state index in [1.54, 1.807) is 6.92 Å². The molecule has 1 heterocycles. The summed E-state index contributed by atoms with van der Waals surface area (Å²) in [6.07, 6.45) is 0.517. The van der Waals surface area contributed by atoms with Crippen molar-refractivity contribution >= 4 is 11.6 Å². The summed E-state index contributed by atoms with van der Waals surface area (Å²) in [4.78, 5) is 24.0. The molecule has 7 heteroatoms. The van der Waals surface area contributed by atoms with Gasteiger partial charge in [-0.25, -0.2) is 0 Å². The van der Waals surface area contributed by atoms with Gasteiger partial charge in [0.15, 0.2) is 5.75 Å². The van der Waals surface area contributed by atoms with Gasteiger partial charge in [-0.2, -0.15) is 0 Å². The molecule has 1 aliphatic heterocycles. The first-order chi connectivity index (χ1) is 9.34. The molecule has 1 fully saturated rings. The average molecular weight is 280 g/mol. The zero-order valence-corrected chi connectivity index (χ0v) is 11.3. The van der Waals surface area contributed by atoms with Crippen LogP contribution in [0.2, 0.25) is 0 Å². The second kappa shape index (κ2) is 5.09. The number of carbonyl (C=O) groups excluding carboxylic acids is 1. The molecule has 2 rings (SSSR count). The molecule has 0 spiro atoms. The first-order valence-corrected chi connectivity index (χ1v) is 6.18. The summed E-state index contributed by atoms with van der Waals surface area (Å²) < 4.78 is 4.94. The quantitative estimate of drug-likeness (QED) is 0.663. The molecule has 1 aromatic rings. The zero-order chi connectivity index (χ0) is 14.9. The molecule has 20 heavy (non-hydrogen) atoms. The van der Waals surface area contributed by atoms with Gasteiger partial charge in [0.05, 0.1) is 17.6 Å². The number of benzene rings is 1. The third-order valence-corrected chi connectivity index (χ3v) is 3.36. The van der Waals surface area contributed by atoms with Crippen LogP contribution in [0.1, 0.15) is 23.7 Å². The standard InChI is InChI=1S/C13H16N2O5/c1-13(17)5-6-14(8-13)12(16)9-3-4-10(15(18)19)11(7-9)20-2/h3-4,7,17H,5-6,8H2,1-2H3. The van der Waals surface area contributed by atoms with Crippen molar-refractivity contribution in [2.45, 2.75) is 18.9 Å². The molecule has 1 unspecified atom stereocenters. The smallest absolute Gasteiger partial charge is 0.310 e. The highest BCUT2D eigenvalue weighted by Crippen LogP contribution is 2.29. The number of nitro benzene ring substituents is 1. The summed E-state index contributed by atoms with van der Waals surface area (Å²) in [6.45, 7) is 2.40. The number of rotatable bonds is 3. The number of methoxy groups -OCH3 is 1. The highest BCUT2D eigenvalue weighted by molar-refractivity contribution is 5.95. The summed E-state index contributed by atoms with van der Waals surface area (Å²) in [7, 11) is 1.32. The lowest BCUT2D eigenvalue weighted by atomic mass is 10.1. The lowest BCUT2D eigenvalue weighted by Crippen LogP contribution is -2.33. The highest BCUT2D eigenvalue weighted by atomic mass is 16.6. The highest BCUT2D eigenvalue weighted by Gasteiger charge is 2.34. The predicted molar refractivity (Wildman–Crippen MR) is 70.8 cm³/mol. The Balaban J connectivity index is 2.25. The Labute approximate surface area is 115 Å². The van der Waals surface area contributed by atoms with Crippen LogP contribution in [0.5, 0.6) is 5.75 Å². The van der Waals surface area contributed by atoms with Crippen LogP contribution < -0.4 is 4.74 Å². The summed E-state index contributed by atoms with van der Waals surface area (Å²) >= 11 is 0. The molecule has 7 nitrogen and oxygen atoms in total. The first kappa shape index (κ1) is 14.3. The Hall–Kier alpha value is -2.15. The molecule has 1 atom stereocenters. The van der Waals surface area contributed by atoms with Crippen molar-refractivity contribution in [2.75, 3.05) is 20.2 Å². The van der Waals surface area contributed by atoms with E-state index in [0.717, 1.165) is 0 Å². The van der Waals surface area contributed by atoms with Crippen LogP contribution in [0.3, 0.4) is 0 Å². The third kappa shape index (κ3) is 2.72. The van der Waals surface area contributed by atoms with E-state index in [1.807, 2.05) is 0 Å². The van der Waals surface area contributed by atoms with Crippen LogP contribution in [0.15, 0.2) is 18.2 Å². The van der Waals surface area contributed by atoms with Crippen molar-refractivity contribution in [1.82, 2.24) is 4.90 Å². The van der Waals surface area contributed by atoms with Gasteiger partial charge in [-0.3, -0.25) is 14.9 Å². The van der Waals surface area contributed by atoms with Gasteiger partial charge in [-0.1, -0.05) is 0 Å². The number of ether oxygens (including phenoxy) is 1. The number of hydrogen-bond donors (Lipinski definition) is 1. The largest absolute Gasteiger partial charge is 0.490 e. The molecule has 0 aromatic heterocycles. The number of hydrogen-bond acceptors (Lipinski definition) is 5. The second-order valence-corrected chi connectivity index (χ2v) is 5.12. The van der Waals surface area contributed by atoms with Gasteiger partial charge < -0.3 is 14.7 Å². The van der Waals surface area contributed by atoms with E-state index in [2.05, 4.69) is 0 Å². The van der Waals surface area contributed by atoms with Crippen molar-refractivity contribution in [3.8, 4) is 5.75 Å². The minimum absolute atomic E-state index is 0.0480. The number of carbonyl (C=O) groups is 1. The maximum Gasteiger partial charge on any atom is 0.310 e. The van der Waals surface area contributed by atoms with Crippen molar-refractivity contribution in [3.63, 3.8) is 0 Å². The number of aliphatic hydroxyl groups is 1. The summed E-state index contributed by atoms with van der Waals surface area (Å²) in [5, 5.41) is 20.7. The van der Waals surface area contributed by atoms with Crippen LogP contribution in [-0.4, -0.2) is 46.6 Å². The minimum Gasteiger partial charge on any atom is -0.490 e. The first-order valence-electron chi connectivity index (χ1n) is 6.18. The fraction of sp³-hybridized carbons (Fsp3) is 0.462. The average Bonchev–Trinajstić information content (AvgIpc) is 2.77. The molecular formula is C13H16N2O5. The lowest BCUT2D eigenvalue weighted by molar-refractivity contribution is -0.385. The molecule has 0 saturated carbocycles. The maximum absolute atomic E-state index is 12.3. The van der Waals surface area contributed by atoms with Gasteiger partial charge >= 0.3 is 5.69 Å². The number of nitrogens with zero attached hydrogens (tertiary/aromatic N) is 2. The van der Waals surface area contributed by atoms with Gasteiger partial charge in [0, 0.05) is 30.8 Å². The van der Waals surface area contributed by atoms with E-state index in [0.29, 0.717) is 18.5 Å². The second-order valence-electron chi connectivity index (χ2n) is 5.12. The predicted octanol–water partition coefficient (Wildman–Crippen LogP) is 1.20. The van der Waals surface area contributed by atoms with E-state index in [9.17, 15) is 20.0 Å². The summed E-state index contributed by atoms with van der Waals surface area (Å²) in [5.41, 5.74) is -0.747. The van der Waals surface area contributed by atoms with Crippen LogP contribution in [0.25, 0.3) is 0 Å². The van der Waals surface area contributed by atoms with Crippen molar-refractivity contribution in [2.24, 2.45) is 0 Å². The number of likely N-dealkylation sites (tertiary alicyclic amines) is 1. The van der Waals surface area contributed by atoms with E-state index in [1.165, 1.54) is 30.2 Å². The van der Waals surface area contributed by atoms with Gasteiger partial charge in [0.1, 0.15) is 0 Å². The molecule has 0 bridgehead atoms. The SMILES string of the molecule is COc1cc(C(=O)N2CCC(C)(O)C2)ccc1[N+](=O)[O-]. The summed E-state index contributed by atoms with van der Waals surface area (Å²) in [5.74, 6) is -0.220. The molecular weight excluding hydrogens is 264 g/mol. The minimum atomic E-state index is -0.874. The molecule has 1 aliphatic rings. The Morgan fingerprint density at radius 3 is 2.75 bits per heavy atom. The van der Waals surface area contributed by atoms with Crippen molar-refractivity contribution in [1.29, 1.82) is 0 Å². The molecule has 1 aromatic carbocycles. The molecule has 1 saturated heterocycles.